The number of aromatic nitrogens is 4. The second kappa shape index (κ2) is 8.35. The molecule has 0 amide bonds. The van der Waals surface area contributed by atoms with Crippen LogP contribution < -0.4 is 9.46 Å². The van der Waals surface area contributed by atoms with Crippen LogP contribution in [0.3, 0.4) is 0 Å². The Morgan fingerprint density at radius 1 is 0.969 bits per heavy atom. The summed E-state index contributed by atoms with van der Waals surface area (Å²) in [6, 6.07) is 9.69. The third-order valence-corrected chi connectivity index (χ3v) is 5.71. The highest BCUT2D eigenvalue weighted by Crippen LogP contribution is 2.25. The van der Waals surface area contributed by atoms with E-state index in [1.165, 1.54) is 24.3 Å². The first-order chi connectivity index (χ1) is 15.2. The lowest BCUT2D eigenvalue weighted by Crippen LogP contribution is -2.13. The zero-order chi connectivity index (χ0) is 22.9. The van der Waals surface area contributed by atoms with Gasteiger partial charge in [0, 0.05) is 30.2 Å². The average Bonchev–Trinajstić information content (AvgIpc) is 3.14. The number of imidazole rings is 1. The van der Waals surface area contributed by atoms with E-state index in [1.807, 2.05) is 6.92 Å². The molecule has 0 bridgehead atoms. The molecule has 0 radical (unpaired) electrons. The van der Waals surface area contributed by atoms with Crippen LogP contribution in [0.25, 0.3) is 5.82 Å². The summed E-state index contributed by atoms with van der Waals surface area (Å²) in [7, 11) is -4.17. The standard InChI is InChI=1S/C21H17F2N5O3S/c1-13-25-20(28-8-7-24-14(28)2)12-21(26-13)31-18-5-3-17(4-6-18)27-32(29,30)19-10-15(22)9-16(23)11-19/h3-12,27H,1-2H3. The minimum absolute atomic E-state index is 0.190. The highest BCUT2D eigenvalue weighted by atomic mass is 32.2. The molecule has 0 aliphatic rings. The Morgan fingerprint density at radius 2 is 1.66 bits per heavy atom. The summed E-state index contributed by atoms with van der Waals surface area (Å²) in [5.41, 5.74) is 0.190. The summed E-state index contributed by atoms with van der Waals surface area (Å²) in [4.78, 5) is 12.3. The third kappa shape index (κ3) is 4.72. The topological polar surface area (TPSA) is 99.0 Å². The maximum atomic E-state index is 13.4. The number of anilines is 1. The number of hydrogen-bond donors (Lipinski definition) is 1. The first-order valence-electron chi connectivity index (χ1n) is 9.32. The van der Waals surface area contributed by atoms with E-state index in [0.29, 0.717) is 29.3 Å². The number of benzene rings is 2. The Bertz CT molecular complexity index is 1370. The molecular weight excluding hydrogens is 440 g/mol. The molecule has 2 aromatic carbocycles. The van der Waals surface area contributed by atoms with Crippen molar-refractivity contribution < 1.29 is 21.9 Å². The van der Waals surface area contributed by atoms with Gasteiger partial charge >= 0.3 is 0 Å². The zero-order valence-electron chi connectivity index (χ0n) is 17.0. The number of hydrogen-bond acceptors (Lipinski definition) is 6. The van der Waals surface area contributed by atoms with Crippen molar-refractivity contribution in [2.45, 2.75) is 18.7 Å². The number of rotatable bonds is 6. The van der Waals surface area contributed by atoms with Gasteiger partial charge in [-0.3, -0.25) is 9.29 Å². The number of nitrogens with one attached hydrogen (secondary N) is 1. The highest BCUT2D eigenvalue weighted by Gasteiger charge is 2.17. The van der Waals surface area contributed by atoms with E-state index < -0.39 is 26.6 Å². The fraction of sp³-hybridized carbons (Fsp3) is 0.0952. The number of nitrogens with zero attached hydrogens (tertiary/aromatic N) is 4. The largest absolute Gasteiger partial charge is 0.439 e. The molecule has 0 spiro atoms. The minimum atomic E-state index is -4.17. The molecule has 0 aliphatic heterocycles. The van der Waals surface area contributed by atoms with Crippen molar-refractivity contribution in [1.82, 2.24) is 19.5 Å². The summed E-state index contributed by atoms with van der Waals surface area (Å²) in [6.07, 6.45) is 3.43. The molecule has 0 unspecified atom stereocenters. The number of sulfonamides is 1. The van der Waals surface area contributed by atoms with Crippen molar-refractivity contribution in [2.24, 2.45) is 0 Å². The molecule has 11 heteroatoms. The first kappa shape index (κ1) is 21.4. The molecule has 164 valence electrons. The number of halogens is 2. The summed E-state index contributed by atoms with van der Waals surface area (Å²) in [6.45, 7) is 3.58. The predicted octanol–water partition coefficient (Wildman–Crippen LogP) is 4.15. The Balaban J connectivity index is 1.52. The molecule has 0 saturated carbocycles. The normalized spacial score (nSPS) is 11.4. The molecule has 4 aromatic rings. The van der Waals surface area contributed by atoms with E-state index in [9.17, 15) is 17.2 Å². The van der Waals surface area contributed by atoms with E-state index in [4.69, 9.17) is 4.74 Å². The minimum Gasteiger partial charge on any atom is -0.439 e. The Morgan fingerprint density at radius 3 is 2.28 bits per heavy atom. The molecule has 1 N–H and O–H groups in total. The third-order valence-electron chi connectivity index (χ3n) is 4.35. The van der Waals surface area contributed by atoms with Crippen molar-refractivity contribution >= 4 is 15.7 Å². The number of aryl methyl sites for hydroxylation is 2. The van der Waals surface area contributed by atoms with Gasteiger partial charge in [-0.1, -0.05) is 0 Å². The van der Waals surface area contributed by atoms with E-state index in [0.717, 1.165) is 18.0 Å². The lowest BCUT2D eigenvalue weighted by molar-refractivity contribution is 0.459. The van der Waals surface area contributed by atoms with Gasteiger partial charge < -0.3 is 4.74 Å². The molecule has 0 saturated heterocycles. The Kier molecular flexibility index (Phi) is 5.57. The first-order valence-corrected chi connectivity index (χ1v) is 10.8. The lowest BCUT2D eigenvalue weighted by atomic mass is 10.3. The fourth-order valence-electron chi connectivity index (χ4n) is 2.93. The second-order valence-electron chi connectivity index (χ2n) is 6.79. The van der Waals surface area contributed by atoms with Crippen LogP contribution in [0.1, 0.15) is 11.6 Å². The van der Waals surface area contributed by atoms with Gasteiger partial charge in [-0.15, -0.1) is 0 Å². The molecule has 2 aromatic heterocycles. The maximum absolute atomic E-state index is 13.4. The van der Waals surface area contributed by atoms with Crippen LogP contribution in [0.15, 0.2) is 65.8 Å². The van der Waals surface area contributed by atoms with Gasteiger partial charge in [0.15, 0.2) is 0 Å². The molecule has 2 heterocycles. The van der Waals surface area contributed by atoms with Crippen molar-refractivity contribution in [3.8, 4) is 17.4 Å². The number of ether oxygens (including phenoxy) is 1. The SMILES string of the molecule is Cc1nc(Oc2ccc(NS(=O)(=O)c3cc(F)cc(F)c3)cc2)cc(-n2ccnc2C)n1. The van der Waals surface area contributed by atoms with Gasteiger partial charge in [0.25, 0.3) is 10.0 Å². The predicted molar refractivity (Wildman–Crippen MR) is 112 cm³/mol. The van der Waals surface area contributed by atoms with Gasteiger partial charge in [-0.25, -0.2) is 27.2 Å². The quantitative estimate of drug-likeness (QED) is 0.467. The van der Waals surface area contributed by atoms with Gasteiger partial charge in [-0.2, -0.15) is 4.98 Å². The summed E-state index contributed by atoms with van der Waals surface area (Å²) >= 11 is 0. The van der Waals surface area contributed by atoms with Crippen LogP contribution in [0.4, 0.5) is 14.5 Å². The molecule has 4 rings (SSSR count). The van der Waals surface area contributed by atoms with Gasteiger partial charge in [0.2, 0.25) is 5.88 Å². The van der Waals surface area contributed by atoms with Gasteiger partial charge in [-0.05, 0) is 50.2 Å². The van der Waals surface area contributed by atoms with E-state index >= 15 is 0 Å². The zero-order valence-corrected chi connectivity index (χ0v) is 17.8. The van der Waals surface area contributed by atoms with E-state index in [-0.39, 0.29) is 5.69 Å². The molecule has 8 nitrogen and oxygen atoms in total. The molecule has 0 fully saturated rings. The van der Waals surface area contributed by atoms with Crippen LogP contribution in [-0.2, 0) is 10.0 Å². The second-order valence-corrected chi connectivity index (χ2v) is 8.48. The molecule has 32 heavy (non-hydrogen) atoms. The van der Waals surface area contributed by atoms with E-state index in [2.05, 4.69) is 19.7 Å². The smallest absolute Gasteiger partial charge is 0.262 e. The highest BCUT2D eigenvalue weighted by molar-refractivity contribution is 7.92. The van der Waals surface area contributed by atoms with Crippen LogP contribution in [0.5, 0.6) is 11.6 Å². The van der Waals surface area contributed by atoms with Crippen molar-refractivity contribution in [2.75, 3.05) is 4.72 Å². The van der Waals surface area contributed by atoms with Crippen LogP contribution in [0.2, 0.25) is 0 Å². The van der Waals surface area contributed by atoms with Crippen LogP contribution in [0, 0.1) is 25.5 Å². The van der Waals surface area contributed by atoms with Gasteiger partial charge in [0.05, 0.1) is 4.90 Å². The van der Waals surface area contributed by atoms with E-state index in [1.54, 1.807) is 30.0 Å². The summed E-state index contributed by atoms with van der Waals surface area (Å²) in [5.74, 6) is 0.565. The molecule has 0 aliphatic carbocycles. The summed E-state index contributed by atoms with van der Waals surface area (Å²) < 4.78 is 61.4. The van der Waals surface area contributed by atoms with Crippen LogP contribution >= 0.6 is 0 Å². The van der Waals surface area contributed by atoms with Gasteiger partial charge in [0.1, 0.15) is 34.9 Å². The average molecular weight is 457 g/mol. The van der Waals surface area contributed by atoms with Crippen molar-refractivity contribution in [1.29, 1.82) is 0 Å². The molecular formula is C21H17F2N5O3S. The fourth-order valence-corrected chi connectivity index (χ4v) is 4.03. The monoisotopic (exact) mass is 457 g/mol. The Hall–Kier alpha value is -3.86. The lowest BCUT2D eigenvalue weighted by Gasteiger charge is -2.11. The van der Waals surface area contributed by atoms with Crippen molar-refractivity contribution in [3.63, 3.8) is 0 Å². The van der Waals surface area contributed by atoms with Crippen molar-refractivity contribution in [3.05, 3.63) is 84.2 Å². The maximum Gasteiger partial charge on any atom is 0.262 e. The summed E-state index contributed by atoms with van der Waals surface area (Å²) in [5, 5.41) is 0. The molecule has 0 atom stereocenters. The van der Waals surface area contributed by atoms with Crippen LogP contribution in [-0.4, -0.2) is 27.9 Å². The Labute approximate surface area is 182 Å².